The Morgan fingerprint density at radius 2 is 1.47 bits per heavy atom. The molecule has 1 unspecified atom stereocenters. The summed E-state index contributed by atoms with van der Waals surface area (Å²) in [5.74, 6) is -1.63. The van der Waals surface area contributed by atoms with Crippen molar-refractivity contribution in [1.29, 1.82) is 0 Å². The van der Waals surface area contributed by atoms with Crippen molar-refractivity contribution in [3.05, 3.63) is 0 Å². The summed E-state index contributed by atoms with van der Waals surface area (Å²) in [5, 5.41) is 0. The Bertz CT molecular complexity index is 209. The molecule has 116 valence electrons. The summed E-state index contributed by atoms with van der Waals surface area (Å²) >= 11 is 0. The lowest BCUT2D eigenvalue weighted by atomic mass is 9.89. The minimum absolute atomic E-state index is 0.0997. The maximum atomic E-state index is 13.0. The van der Waals surface area contributed by atoms with Gasteiger partial charge in [-0.15, -0.1) is 0 Å². The van der Waals surface area contributed by atoms with Gasteiger partial charge in [-0.3, -0.25) is 0 Å². The van der Waals surface area contributed by atoms with E-state index < -0.39 is 5.92 Å². The van der Waals surface area contributed by atoms with Crippen LogP contribution in [-0.4, -0.2) is 30.0 Å². The third-order valence-electron chi connectivity index (χ3n) is 3.89. The first-order valence-electron chi connectivity index (χ1n) is 8.19. The normalized spacial score (nSPS) is 27.6. The van der Waals surface area contributed by atoms with Crippen LogP contribution in [-0.2, 0) is 0 Å². The molecule has 2 fully saturated rings. The fourth-order valence-electron chi connectivity index (χ4n) is 2.95. The SMILES string of the molecule is CC.CC.CC1CCCN(C2CCC(F)(F)CC2)C1. The van der Waals surface area contributed by atoms with Gasteiger partial charge in [-0.1, -0.05) is 34.6 Å². The smallest absolute Gasteiger partial charge is 0.248 e. The van der Waals surface area contributed by atoms with Crippen molar-refractivity contribution >= 4 is 0 Å². The molecule has 0 spiro atoms. The fourth-order valence-corrected chi connectivity index (χ4v) is 2.95. The highest BCUT2D eigenvalue weighted by Gasteiger charge is 2.37. The van der Waals surface area contributed by atoms with E-state index in [1.54, 1.807) is 0 Å². The van der Waals surface area contributed by atoms with Crippen molar-refractivity contribution in [2.75, 3.05) is 13.1 Å². The van der Waals surface area contributed by atoms with Gasteiger partial charge >= 0.3 is 0 Å². The van der Waals surface area contributed by atoms with Crippen molar-refractivity contribution in [3.8, 4) is 0 Å². The van der Waals surface area contributed by atoms with Crippen molar-refractivity contribution in [2.45, 2.75) is 85.1 Å². The molecule has 2 aliphatic rings. The monoisotopic (exact) mass is 277 g/mol. The topological polar surface area (TPSA) is 3.24 Å². The zero-order chi connectivity index (χ0) is 14.9. The fraction of sp³-hybridized carbons (Fsp3) is 1.00. The average Bonchev–Trinajstić information content (AvgIpc) is 2.43. The van der Waals surface area contributed by atoms with Crippen LogP contribution in [0, 0.1) is 5.92 Å². The van der Waals surface area contributed by atoms with Gasteiger partial charge in [0.15, 0.2) is 0 Å². The third-order valence-corrected chi connectivity index (χ3v) is 3.89. The molecule has 1 saturated carbocycles. The van der Waals surface area contributed by atoms with Gasteiger partial charge < -0.3 is 4.90 Å². The number of alkyl halides is 2. The molecule has 0 amide bonds. The van der Waals surface area contributed by atoms with Crippen LogP contribution in [0.3, 0.4) is 0 Å². The number of hydrogen-bond acceptors (Lipinski definition) is 1. The quantitative estimate of drug-likeness (QED) is 0.624. The first-order valence-corrected chi connectivity index (χ1v) is 8.19. The van der Waals surface area contributed by atoms with Crippen LogP contribution in [0.5, 0.6) is 0 Å². The van der Waals surface area contributed by atoms with Gasteiger partial charge in [0, 0.05) is 25.4 Å². The Kier molecular flexibility index (Phi) is 9.59. The Labute approximate surface area is 118 Å². The Balaban J connectivity index is 0.000000741. The zero-order valence-corrected chi connectivity index (χ0v) is 13.5. The molecule has 19 heavy (non-hydrogen) atoms. The van der Waals surface area contributed by atoms with Crippen LogP contribution in [0.15, 0.2) is 0 Å². The predicted molar refractivity (Wildman–Crippen MR) is 79.9 cm³/mol. The second kappa shape index (κ2) is 9.68. The molecule has 3 heteroatoms. The van der Waals surface area contributed by atoms with Gasteiger partial charge in [-0.25, -0.2) is 8.78 Å². The standard InChI is InChI=1S/C12H21F2N.2C2H6/c1-10-3-2-8-15(9-10)11-4-6-12(13,14)7-5-11;2*1-2/h10-11H,2-9H2,1H3;2*1-2H3. The van der Waals surface area contributed by atoms with Crippen molar-refractivity contribution in [2.24, 2.45) is 5.92 Å². The number of likely N-dealkylation sites (tertiary alicyclic amines) is 1. The molecule has 1 heterocycles. The summed E-state index contributed by atoms with van der Waals surface area (Å²) in [6, 6.07) is 0.437. The molecule has 0 aromatic carbocycles. The van der Waals surface area contributed by atoms with E-state index in [9.17, 15) is 8.78 Å². The predicted octanol–water partition coefficient (Wildman–Crippen LogP) is 5.35. The molecule has 0 aromatic rings. The van der Waals surface area contributed by atoms with E-state index in [2.05, 4.69) is 11.8 Å². The molecule has 1 saturated heterocycles. The zero-order valence-electron chi connectivity index (χ0n) is 13.5. The van der Waals surface area contributed by atoms with E-state index in [4.69, 9.17) is 0 Å². The minimum atomic E-state index is -2.38. The van der Waals surface area contributed by atoms with Gasteiger partial charge in [0.1, 0.15) is 0 Å². The van der Waals surface area contributed by atoms with Crippen LogP contribution in [0.2, 0.25) is 0 Å². The molecule has 1 atom stereocenters. The minimum Gasteiger partial charge on any atom is -0.300 e. The summed E-state index contributed by atoms with van der Waals surface area (Å²) in [6.45, 7) is 12.5. The van der Waals surface area contributed by atoms with E-state index in [1.165, 1.54) is 12.8 Å². The van der Waals surface area contributed by atoms with Crippen LogP contribution >= 0.6 is 0 Å². The Hall–Kier alpha value is -0.180. The first kappa shape index (κ1) is 18.8. The lowest BCUT2D eigenvalue weighted by Crippen LogP contribution is -2.45. The van der Waals surface area contributed by atoms with Crippen LogP contribution < -0.4 is 0 Å². The van der Waals surface area contributed by atoms with Crippen molar-refractivity contribution in [1.82, 2.24) is 4.90 Å². The van der Waals surface area contributed by atoms with Gasteiger partial charge in [0.25, 0.3) is 0 Å². The molecular formula is C16H33F2N. The van der Waals surface area contributed by atoms with E-state index in [0.29, 0.717) is 18.9 Å². The largest absolute Gasteiger partial charge is 0.300 e. The molecule has 0 radical (unpaired) electrons. The van der Waals surface area contributed by atoms with E-state index in [-0.39, 0.29) is 12.8 Å². The second-order valence-corrected chi connectivity index (χ2v) is 5.33. The summed E-state index contributed by atoms with van der Waals surface area (Å²) in [5.41, 5.74) is 0. The van der Waals surface area contributed by atoms with Crippen LogP contribution in [0.25, 0.3) is 0 Å². The molecule has 1 aliphatic carbocycles. The van der Waals surface area contributed by atoms with E-state index >= 15 is 0 Å². The number of rotatable bonds is 1. The molecule has 0 aromatic heterocycles. The molecule has 0 N–H and O–H groups in total. The summed E-state index contributed by atoms with van der Waals surface area (Å²) in [7, 11) is 0. The maximum absolute atomic E-state index is 13.0. The average molecular weight is 277 g/mol. The van der Waals surface area contributed by atoms with E-state index in [0.717, 1.165) is 19.0 Å². The molecule has 2 rings (SSSR count). The summed E-state index contributed by atoms with van der Waals surface area (Å²) < 4.78 is 26.0. The molecule has 1 nitrogen and oxygen atoms in total. The highest BCUT2D eigenvalue weighted by Crippen LogP contribution is 2.36. The van der Waals surface area contributed by atoms with Gasteiger partial charge in [0.2, 0.25) is 5.92 Å². The van der Waals surface area contributed by atoms with Gasteiger partial charge in [0.05, 0.1) is 0 Å². The van der Waals surface area contributed by atoms with Gasteiger partial charge in [-0.05, 0) is 38.1 Å². The Morgan fingerprint density at radius 3 is 1.95 bits per heavy atom. The first-order chi connectivity index (χ1) is 9.07. The van der Waals surface area contributed by atoms with Crippen molar-refractivity contribution < 1.29 is 8.78 Å². The lowest BCUT2D eigenvalue weighted by Gasteiger charge is -2.40. The lowest BCUT2D eigenvalue weighted by molar-refractivity contribution is -0.0572. The Morgan fingerprint density at radius 1 is 0.947 bits per heavy atom. The molecular weight excluding hydrogens is 244 g/mol. The number of nitrogens with zero attached hydrogens (tertiary/aromatic N) is 1. The highest BCUT2D eigenvalue weighted by atomic mass is 19.3. The van der Waals surface area contributed by atoms with Gasteiger partial charge in [-0.2, -0.15) is 0 Å². The molecule has 0 bridgehead atoms. The van der Waals surface area contributed by atoms with E-state index in [1.807, 2.05) is 27.7 Å². The number of piperidine rings is 1. The second-order valence-electron chi connectivity index (χ2n) is 5.33. The summed E-state index contributed by atoms with van der Waals surface area (Å²) in [6.07, 6.45) is 4.14. The highest BCUT2D eigenvalue weighted by molar-refractivity contribution is 4.85. The number of hydrogen-bond donors (Lipinski definition) is 0. The van der Waals surface area contributed by atoms with Crippen LogP contribution in [0.1, 0.15) is 73.1 Å². The molecule has 1 aliphatic heterocycles. The van der Waals surface area contributed by atoms with Crippen molar-refractivity contribution in [3.63, 3.8) is 0 Å². The maximum Gasteiger partial charge on any atom is 0.248 e. The van der Waals surface area contributed by atoms with Crippen LogP contribution in [0.4, 0.5) is 8.78 Å². The summed E-state index contributed by atoms with van der Waals surface area (Å²) in [4.78, 5) is 2.45. The third kappa shape index (κ3) is 6.69. The number of halogens is 2.